The lowest BCUT2D eigenvalue weighted by Crippen LogP contribution is -2.65. The molecule has 9 heavy (non-hydrogen) atoms. The first-order valence-electron chi connectivity index (χ1n) is 3.71. The third-order valence-corrected chi connectivity index (χ3v) is 1.36. The Balaban J connectivity index is 2.91. The average molecular weight is 131 g/mol. The maximum atomic E-state index is 5.47. The van der Waals surface area contributed by atoms with Gasteiger partial charge >= 0.3 is 0 Å². The van der Waals surface area contributed by atoms with Gasteiger partial charge in [0, 0.05) is 6.42 Å². The van der Waals surface area contributed by atoms with Crippen LogP contribution in [0.25, 0.3) is 0 Å². The first-order valence-corrected chi connectivity index (χ1v) is 3.71. The Labute approximate surface area is 57.6 Å². The standard InChI is InChI=1S/C7H18N2/c1-6(2)4-3-5-7(8)9/h6-7H,3-5,8-9H2,1-2H3/p+1. The lowest BCUT2D eigenvalue weighted by molar-refractivity contribution is -0.419. The van der Waals surface area contributed by atoms with Crippen molar-refractivity contribution in [2.75, 3.05) is 0 Å². The van der Waals surface area contributed by atoms with Crippen LogP contribution in [-0.4, -0.2) is 6.17 Å². The molecule has 0 aromatic carbocycles. The fraction of sp³-hybridized carbons (Fsp3) is 1.00. The number of quaternary nitrogens is 1. The van der Waals surface area contributed by atoms with Crippen LogP contribution in [0.15, 0.2) is 0 Å². The molecule has 0 spiro atoms. The van der Waals surface area contributed by atoms with Crippen LogP contribution in [0, 0.1) is 5.92 Å². The van der Waals surface area contributed by atoms with Gasteiger partial charge in [-0.2, -0.15) is 0 Å². The molecule has 0 fully saturated rings. The van der Waals surface area contributed by atoms with E-state index in [0.29, 0.717) is 0 Å². The van der Waals surface area contributed by atoms with Crippen LogP contribution in [0.3, 0.4) is 0 Å². The van der Waals surface area contributed by atoms with Gasteiger partial charge in [-0.1, -0.05) is 20.3 Å². The molecule has 0 amide bonds. The van der Waals surface area contributed by atoms with Crippen molar-refractivity contribution >= 4 is 0 Å². The zero-order chi connectivity index (χ0) is 7.28. The molecule has 0 aromatic rings. The first-order chi connectivity index (χ1) is 4.13. The van der Waals surface area contributed by atoms with Crippen LogP contribution < -0.4 is 11.5 Å². The van der Waals surface area contributed by atoms with Gasteiger partial charge in [-0.05, 0) is 12.3 Å². The minimum absolute atomic E-state index is 0.142. The summed E-state index contributed by atoms with van der Waals surface area (Å²) in [5, 5.41) is 0. The molecule has 1 unspecified atom stereocenters. The summed E-state index contributed by atoms with van der Waals surface area (Å²) >= 11 is 0. The summed E-state index contributed by atoms with van der Waals surface area (Å²) in [5.41, 5.74) is 9.18. The van der Waals surface area contributed by atoms with Crippen LogP contribution in [0.2, 0.25) is 0 Å². The largest absolute Gasteiger partial charge is 0.343 e. The molecule has 2 heteroatoms. The number of hydrogen-bond acceptors (Lipinski definition) is 1. The summed E-state index contributed by atoms with van der Waals surface area (Å²) in [6.45, 7) is 4.46. The van der Waals surface area contributed by atoms with Gasteiger partial charge in [-0.15, -0.1) is 0 Å². The van der Waals surface area contributed by atoms with E-state index in [2.05, 4.69) is 19.6 Å². The lowest BCUT2D eigenvalue weighted by atomic mass is 10.1. The molecule has 56 valence electrons. The van der Waals surface area contributed by atoms with Crippen LogP contribution in [-0.2, 0) is 0 Å². The van der Waals surface area contributed by atoms with Crippen molar-refractivity contribution in [3.05, 3.63) is 0 Å². The van der Waals surface area contributed by atoms with Gasteiger partial charge in [0.25, 0.3) is 0 Å². The zero-order valence-corrected chi connectivity index (χ0v) is 6.56. The van der Waals surface area contributed by atoms with Gasteiger partial charge in [0.1, 0.15) is 6.17 Å². The van der Waals surface area contributed by atoms with Crippen LogP contribution in [0.5, 0.6) is 0 Å². The second-order valence-electron chi connectivity index (χ2n) is 3.08. The summed E-state index contributed by atoms with van der Waals surface area (Å²) in [6, 6.07) is 0. The van der Waals surface area contributed by atoms with E-state index in [-0.39, 0.29) is 6.17 Å². The molecule has 0 bridgehead atoms. The molecule has 0 radical (unpaired) electrons. The molecule has 0 heterocycles. The smallest absolute Gasteiger partial charge is 0.135 e. The van der Waals surface area contributed by atoms with Crippen molar-refractivity contribution in [2.24, 2.45) is 11.7 Å². The van der Waals surface area contributed by atoms with E-state index in [4.69, 9.17) is 5.73 Å². The summed E-state index contributed by atoms with van der Waals surface area (Å²) in [6.07, 6.45) is 3.72. The highest BCUT2D eigenvalue weighted by molar-refractivity contribution is 4.48. The highest BCUT2D eigenvalue weighted by Crippen LogP contribution is 2.05. The van der Waals surface area contributed by atoms with E-state index in [1.54, 1.807) is 0 Å². The molecule has 0 rings (SSSR count). The minimum Gasteiger partial charge on any atom is -0.343 e. The zero-order valence-electron chi connectivity index (χ0n) is 6.56. The predicted octanol–water partition coefficient (Wildman–Crippen LogP) is 0.339. The Morgan fingerprint density at radius 2 is 1.89 bits per heavy atom. The Morgan fingerprint density at radius 1 is 1.33 bits per heavy atom. The monoisotopic (exact) mass is 131 g/mol. The molecule has 0 aliphatic heterocycles. The van der Waals surface area contributed by atoms with E-state index >= 15 is 0 Å². The molecular weight excluding hydrogens is 112 g/mol. The topological polar surface area (TPSA) is 53.7 Å². The molecule has 0 saturated heterocycles. The Hall–Kier alpha value is -0.0800. The van der Waals surface area contributed by atoms with Crippen LogP contribution >= 0.6 is 0 Å². The SMILES string of the molecule is CC(C)CCCC(N)[NH3+]. The second kappa shape index (κ2) is 4.77. The van der Waals surface area contributed by atoms with E-state index in [9.17, 15) is 0 Å². The van der Waals surface area contributed by atoms with Gasteiger partial charge in [0.05, 0.1) is 0 Å². The Kier molecular flexibility index (Phi) is 4.72. The Bertz CT molecular complexity index is 51.9. The quantitative estimate of drug-likeness (QED) is 0.531. The minimum atomic E-state index is 0.142. The van der Waals surface area contributed by atoms with Crippen molar-refractivity contribution < 1.29 is 5.73 Å². The fourth-order valence-corrected chi connectivity index (χ4v) is 0.788. The molecule has 1 atom stereocenters. The van der Waals surface area contributed by atoms with E-state index in [0.717, 1.165) is 12.3 Å². The third kappa shape index (κ3) is 7.92. The molecule has 0 aliphatic rings. The highest BCUT2D eigenvalue weighted by atomic mass is 14.8. The van der Waals surface area contributed by atoms with Gasteiger partial charge < -0.3 is 5.73 Å². The van der Waals surface area contributed by atoms with E-state index < -0.39 is 0 Å². The number of rotatable bonds is 4. The van der Waals surface area contributed by atoms with E-state index in [1.165, 1.54) is 12.8 Å². The fourth-order valence-electron chi connectivity index (χ4n) is 0.788. The summed E-state index contributed by atoms with van der Waals surface area (Å²) < 4.78 is 0. The van der Waals surface area contributed by atoms with Gasteiger partial charge in [0.15, 0.2) is 0 Å². The summed E-state index contributed by atoms with van der Waals surface area (Å²) in [5.74, 6) is 0.809. The van der Waals surface area contributed by atoms with Gasteiger partial charge in [-0.25, -0.2) is 0 Å². The second-order valence-corrected chi connectivity index (χ2v) is 3.08. The predicted molar refractivity (Wildman–Crippen MR) is 39.6 cm³/mol. The molecule has 2 nitrogen and oxygen atoms in total. The maximum Gasteiger partial charge on any atom is 0.135 e. The molecule has 0 saturated carbocycles. The summed E-state index contributed by atoms with van der Waals surface area (Å²) in [4.78, 5) is 0. The average Bonchev–Trinajstić information content (AvgIpc) is 1.63. The van der Waals surface area contributed by atoms with E-state index in [1.807, 2.05) is 0 Å². The lowest BCUT2D eigenvalue weighted by Gasteiger charge is -2.03. The van der Waals surface area contributed by atoms with Crippen LogP contribution in [0.4, 0.5) is 0 Å². The Morgan fingerprint density at radius 3 is 2.22 bits per heavy atom. The van der Waals surface area contributed by atoms with Crippen molar-refractivity contribution in [1.29, 1.82) is 0 Å². The van der Waals surface area contributed by atoms with Crippen molar-refractivity contribution in [2.45, 2.75) is 39.3 Å². The third-order valence-electron chi connectivity index (χ3n) is 1.36. The highest BCUT2D eigenvalue weighted by Gasteiger charge is 1.98. The maximum absolute atomic E-state index is 5.47. The van der Waals surface area contributed by atoms with Crippen molar-refractivity contribution in [1.82, 2.24) is 0 Å². The molecule has 0 aromatic heterocycles. The van der Waals surface area contributed by atoms with Crippen molar-refractivity contribution in [3.8, 4) is 0 Å². The number of nitrogens with two attached hydrogens (primary N) is 1. The summed E-state index contributed by atoms with van der Waals surface area (Å²) in [7, 11) is 0. The number of hydrogen-bond donors (Lipinski definition) is 2. The molecule has 0 aliphatic carbocycles. The normalized spacial score (nSPS) is 14.3. The van der Waals surface area contributed by atoms with Gasteiger partial charge in [0.2, 0.25) is 0 Å². The molecular formula is C7H19N2+. The van der Waals surface area contributed by atoms with Crippen LogP contribution in [0.1, 0.15) is 33.1 Å². The molecule has 5 N–H and O–H groups in total. The first kappa shape index (κ1) is 8.92. The van der Waals surface area contributed by atoms with Gasteiger partial charge in [-0.3, -0.25) is 5.73 Å². The van der Waals surface area contributed by atoms with Crippen molar-refractivity contribution in [3.63, 3.8) is 0 Å².